The highest BCUT2D eigenvalue weighted by molar-refractivity contribution is 6.29. The molecule has 4 aliphatic carbocycles. The lowest BCUT2D eigenvalue weighted by atomic mass is 9.79. The van der Waals surface area contributed by atoms with Crippen molar-refractivity contribution in [3.05, 3.63) is 518 Å². The van der Waals surface area contributed by atoms with Gasteiger partial charge in [-0.25, -0.2) is 0 Å². The van der Waals surface area contributed by atoms with Crippen LogP contribution in [-0.2, 0) is 21.7 Å². The highest BCUT2D eigenvalue weighted by atomic mass is 14.5. The molecule has 4 aliphatic rings. The minimum absolute atomic E-state index is 0.0545. The Balaban J connectivity index is 0.000000106. The van der Waals surface area contributed by atoms with Gasteiger partial charge in [-0.2, -0.15) is 0 Å². The third-order valence-corrected chi connectivity index (χ3v) is 33.6. The van der Waals surface area contributed by atoms with E-state index in [0.717, 1.165) is 0 Å². The van der Waals surface area contributed by atoms with E-state index in [1.807, 2.05) is 0 Å². The molecule has 0 radical (unpaired) electrons. The second-order valence-corrected chi connectivity index (χ2v) is 42.4. The SMILES string of the molecule is CC1(C)c2cccc(-c3c4ccccc4c(-c4cccc5ccccc45)c4ccccc34)c2-c2c1ccc1ccccc21.CC1(C)c2cccc(-c3c4ccccc4c(-c4ccccc4-c4cc5ccccc5c5ccccc45)c4ccccc34)c2-c2c1ccc1ccccc21.CC1(C)c2ccccc2-c2ccc(-c3c4ccccc4c(-c4cccc5c4-c4c(ccc6ccccc46)C5(C)C)c4ccccc34)cc21. The number of hydrogen-bond acceptors (Lipinski definition) is 0. The van der Waals surface area contributed by atoms with E-state index in [1.54, 1.807) is 0 Å². The van der Waals surface area contributed by atoms with E-state index >= 15 is 0 Å². The van der Waals surface area contributed by atoms with E-state index < -0.39 is 0 Å². The lowest BCUT2D eigenvalue weighted by molar-refractivity contribution is 0.660. The normalized spacial score (nSPS) is 13.9. The highest BCUT2D eigenvalue weighted by Gasteiger charge is 2.44. The van der Waals surface area contributed by atoms with Crippen LogP contribution in [0.25, 0.3) is 252 Å². The van der Waals surface area contributed by atoms with Gasteiger partial charge in [0.15, 0.2) is 0 Å². The second-order valence-electron chi connectivity index (χ2n) is 42.4. The quantitative estimate of drug-likeness (QED) is 0.110. The van der Waals surface area contributed by atoms with Crippen LogP contribution in [0.4, 0.5) is 0 Å². The van der Waals surface area contributed by atoms with Crippen molar-refractivity contribution in [2.75, 3.05) is 0 Å². The van der Waals surface area contributed by atoms with Crippen LogP contribution in [0.15, 0.2) is 473 Å². The molecule has 0 heteroatoms. The fourth-order valence-corrected chi connectivity index (χ4v) is 26.9. The van der Waals surface area contributed by atoms with Crippen molar-refractivity contribution >= 4 is 129 Å². The standard InChI is InChI=1S/C53H36.C48H36.C43H30/c1-53(2)47-29-15-28-45(52(47)51-36-19-6-3-16-33(36)30-31-48(51)53)50-43-26-13-11-24-41(43)49(42-25-12-14-27-44(42)50)40-23-10-9-22-39(40)46-32-34-17-4-5-18-35(34)37-20-7-8-21-38(37)46;1-47(2)39-22-12-11-16-32(39)33-26-24-30(28-42(33)47)43-34-17-7-9-19-36(34)44(37-20-10-8-18-35(37)43)38-21-13-23-40-46(38)45-31-15-6-5-14-29(31)25-27-41(45)48(40,3)4;1-43(2)37-24-12-23-36(42(37)41-30-17-6-4-14-28(30)25-26-38(41)43)40-34-20-9-7-18-32(34)39(33-19-8-10-21-35(33)40)31-22-11-15-27-13-3-5-16-29(27)31/h3-32H,1-2H3;5-28H,1-4H3;3-26H,1-2H3. The fourth-order valence-electron chi connectivity index (χ4n) is 26.9. The first-order valence-electron chi connectivity index (χ1n) is 51.1. The summed E-state index contributed by atoms with van der Waals surface area (Å²) in [6, 6.07) is 177. The second kappa shape index (κ2) is 32.2. The van der Waals surface area contributed by atoms with E-state index in [-0.39, 0.29) is 21.7 Å². The fraction of sp³-hybridized carbons (Fsp3) is 0.0833. The number of benzene rings is 26. The minimum atomic E-state index is -0.113. The molecular weight excluding hydrogens is 1730 g/mol. The molecule has 0 aliphatic heterocycles. The van der Waals surface area contributed by atoms with Gasteiger partial charge in [-0.3, -0.25) is 0 Å². The Kier molecular flexibility index (Phi) is 19.0. The molecule has 0 aromatic heterocycles. The van der Waals surface area contributed by atoms with Crippen molar-refractivity contribution in [1.29, 1.82) is 0 Å². The van der Waals surface area contributed by atoms with Gasteiger partial charge in [0.1, 0.15) is 0 Å². The smallest absolute Gasteiger partial charge is 0.0159 e. The molecule has 678 valence electrons. The molecule has 0 saturated carbocycles. The van der Waals surface area contributed by atoms with E-state index in [0.29, 0.717) is 0 Å². The lowest BCUT2D eigenvalue weighted by Gasteiger charge is -2.24. The van der Waals surface area contributed by atoms with Crippen LogP contribution in [0.1, 0.15) is 99.9 Å². The molecule has 26 aromatic rings. The third-order valence-electron chi connectivity index (χ3n) is 33.6. The number of hydrogen-bond donors (Lipinski definition) is 0. The van der Waals surface area contributed by atoms with E-state index in [9.17, 15) is 0 Å². The van der Waals surface area contributed by atoms with Crippen LogP contribution in [0, 0.1) is 0 Å². The topological polar surface area (TPSA) is 0 Å². The van der Waals surface area contributed by atoms with Crippen molar-refractivity contribution in [2.24, 2.45) is 0 Å². The molecule has 0 bridgehead atoms. The molecule has 0 N–H and O–H groups in total. The highest BCUT2D eigenvalue weighted by Crippen LogP contribution is 2.63. The first-order chi connectivity index (χ1) is 70.6. The van der Waals surface area contributed by atoms with Crippen LogP contribution in [0.5, 0.6) is 0 Å². The Bertz CT molecular complexity index is 9860. The molecule has 0 fully saturated rings. The van der Waals surface area contributed by atoms with E-state index in [1.165, 1.54) is 296 Å². The maximum absolute atomic E-state index is 2.48. The maximum atomic E-state index is 2.48. The monoisotopic (exact) mass is 1830 g/mol. The van der Waals surface area contributed by atoms with Gasteiger partial charge < -0.3 is 0 Å². The van der Waals surface area contributed by atoms with Gasteiger partial charge in [-0.15, -0.1) is 0 Å². The molecule has 26 aromatic carbocycles. The van der Waals surface area contributed by atoms with Gasteiger partial charge in [-0.1, -0.05) is 516 Å². The van der Waals surface area contributed by atoms with E-state index in [4.69, 9.17) is 0 Å². The van der Waals surface area contributed by atoms with Crippen LogP contribution in [-0.4, -0.2) is 0 Å². The van der Waals surface area contributed by atoms with Crippen molar-refractivity contribution in [1.82, 2.24) is 0 Å². The maximum Gasteiger partial charge on any atom is 0.0159 e. The Morgan fingerprint density at radius 3 is 0.750 bits per heavy atom. The summed E-state index contributed by atoms with van der Waals surface area (Å²) >= 11 is 0. The van der Waals surface area contributed by atoms with Crippen molar-refractivity contribution in [3.8, 4) is 122 Å². The summed E-state index contributed by atoms with van der Waals surface area (Å²) in [7, 11) is 0. The predicted octanol–water partition coefficient (Wildman–Crippen LogP) is 39.8. The van der Waals surface area contributed by atoms with Gasteiger partial charge in [0, 0.05) is 21.7 Å². The largest absolute Gasteiger partial charge is 0.0619 e. The summed E-state index contributed by atoms with van der Waals surface area (Å²) in [5.41, 5.74) is 40.1. The first-order valence-corrected chi connectivity index (χ1v) is 51.1. The summed E-state index contributed by atoms with van der Waals surface area (Å²) in [6.07, 6.45) is 0. The predicted molar refractivity (Wildman–Crippen MR) is 618 cm³/mol. The summed E-state index contributed by atoms with van der Waals surface area (Å²) in [6.45, 7) is 19.1. The zero-order valence-corrected chi connectivity index (χ0v) is 82.0. The molecule has 0 nitrogen and oxygen atoms in total. The van der Waals surface area contributed by atoms with Crippen molar-refractivity contribution < 1.29 is 0 Å². The van der Waals surface area contributed by atoms with Crippen LogP contribution in [0.3, 0.4) is 0 Å². The number of fused-ring (bicyclic) bond motifs is 28. The van der Waals surface area contributed by atoms with Crippen LogP contribution >= 0.6 is 0 Å². The van der Waals surface area contributed by atoms with Gasteiger partial charge in [0.05, 0.1) is 0 Å². The molecule has 144 heavy (non-hydrogen) atoms. The Hall–Kier alpha value is -17.2. The van der Waals surface area contributed by atoms with Gasteiger partial charge in [0.25, 0.3) is 0 Å². The zero-order valence-electron chi connectivity index (χ0n) is 82.0. The average Bonchev–Trinajstić information content (AvgIpc) is 1.56. The van der Waals surface area contributed by atoms with Crippen molar-refractivity contribution in [3.63, 3.8) is 0 Å². The van der Waals surface area contributed by atoms with Crippen LogP contribution < -0.4 is 0 Å². The van der Waals surface area contributed by atoms with E-state index in [2.05, 4.69) is 529 Å². The first kappa shape index (κ1) is 84.9. The average molecular weight is 1830 g/mol. The minimum Gasteiger partial charge on any atom is -0.0619 e. The van der Waals surface area contributed by atoms with Crippen molar-refractivity contribution in [2.45, 2.75) is 77.0 Å². The molecule has 0 unspecified atom stereocenters. The molecule has 0 atom stereocenters. The summed E-state index contributed by atoms with van der Waals surface area (Å²) < 4.78 is 0. The lowest BCUT2D eigenvalue weighted by Crippen LogP contribution is -2.15. The molecular formula is C144H102. The summed E-state index contributed by atoms with van der Waals surface area (Å²) in [5.74, 6) is 0. The molecule has 0 amide bonds. The van der Waals surface area contributed by atoms with Gasteiger partial charge >= 0.3 is 0 Å². The van der Waals surface area contributed by atoms with Gasteiger partial charge in [0.2, 0.25) is 0 Å². The molecule has 0 heterocycles. The molecule has 0 saturated heterocycles. The summed E-state index contributed by atoms with van der Waals surface area (Å²) in [5, 5.41) is 31.0. The zero-order chi connectivity index (χ0) is 96.3. The molecule has 30 rings (SSSR count). The number of rotatable bonds is 7. The third kappa shape index (κ3) is 12.4. The Labute approximate surface area is 840 Å². The molecule has 0 spiro atoms. The van der Waals surface area contributed by atoms with Gasteiger partial charge in [-0.05, 0) is 308 Å². The Morgan fingerprint density at radius 2 is 0.347 bits per heavy atom. The summed E-state index contributed by atoms with van der Waals surface area (Å²) in [4.78, 5) is 0. The van der Waals surface area contributed by atoms with Crippen LogP contribution in [0.2, 0.25) is 0 Å². The Morgan fingerprint density at radius 1 is 0.104 bits per heavy atom.